The van der Waals surface area contributed by atoms with E-state index < -0.39 is 12.6 Å². The monoisotopic (exact) mass is 104 g/mol. The van der Waals surface area contributed by atoms with Crippen molar-refractivity contribution in [2.45, 2.75) is 25.1 Å². The first kappa shape index (κ1) is 5.07. The summed E-state index contributed by atoms with van der Waals surface area (Å²) in [6.07, 6.45) is 1.43. The minimum absolute atomic E-state index is 0.583. The van der Waals surface area contributed by atoms with E-state index in [1.165, 1.54) is 0 Å². The van der Waals surface area contributed by atoms with Gasteiger partial charge in [-0.05, 0) is 12.8 Å². The molecule has 1 saturated carbocycles. The molecule has 0 amide bonds. The van der Waals surface area contributed by atoms with Crippen LogP contribution < -0.4 is 0 Å². The van der Waals surface area contributed by atoms with E-state index in [1.807, 2.05) is 0 Å². The van der Waals surface area contributed by atoms with E-state index in [9.17, 15) is 8.63 Å². The molecule has 0 aromatic carbocycles. The summed E-state index contributed by atoms with van der Waals surface area (Å²) in [6.45, 7) is 1.62. The lowest BCUT2D eigenvalue weighted by Gasteiger charge is -1.96. The van der Waals surface area contributed by atoms with Crippen LogP contribution in [0.4, 0.5) is 8.63 Å². The van der Waals surface area contributed by atoms with E-state index in [0.29, 0.717) is 12.8 Å². The highest BCUT2D eigenvalue weighted by atomic mass is 19.2. The number of hydrogen-bond acceptors (Lipinski definition) is 0. The van der Waals surface area contributed by atoms with Crippen molar-refractivity contribution < 1.29 is 8.63 Å². The average Bonchev–Trinajstić information content (AvgIpc) is 2.21. The molecule has 3 heteroatoms. The van der Waals surface area contributed by atoms with Crippen molar-refractivity contribution in [1.29, 1.82) is 0 Å². The minimum Gasteiger partial charge on any atom is -0.286 e. The second kappa shape index (κ2) is 1.20. The molecule has 1 fully saturated rings. The Hall–Kier alpha value is -0.0751. The van der Waals surface area contributed by atoms with Crippen molar-refractivity contribution in [1.82, 2.24) is 0 Å². The van der Waals surface area contributed by atoms with Crippen LogP contribution in [0.1, 0.15) is 19.8 Å². The van der Waals surface area contributed by atoms with E-state index in [1.54, 1.807) is 6.92 Å². The third kappa shape index (κ3) is 0.765. The molecule has 7 heavy (non-hydrogen) atoms. The van der Waals surface area contributed by atoms with Gasteiger partial charge in [-0.1, -0.05) is 6.92 Å². The van der Waals surface area contributed by atoms with Gasteiger partial charge in [-0.25, -0.2) is 0 Å². The molecule has 1 aliphatic rings. The summed E-state index contributed by atoms with van der Waals surface area (Å²) >= 11 is 0. The van der Waals surface area contributed by atoms with Crippen molar-refractivity contribution >= 4 is 7.27 Å². The summed E-state index contributed by atoms with van der Waals surface area (Å²) in [7, 11) is -2.09. The first-order chi connectivity index (χ1) is 3.15. The fraction of sp³-hybridized carbons (Fsp3) is 1.00. The molecule has 0 aromatic rings. The molecule has 0 aliphatic heterocycles. The predicted octanol–water partition coefficient (Wildman–Crippen LogP) is 1.97. The molecule has 0 nitrogen and oxygen atoms in total. The van der Waals surface area contributed by atoms with Crippen LogP contribution in [-0.2, 0) is 0 Å². The Balaban J connectivity index is 2.39. The molecule has 1 aliphatic carbocycles. The van der Waals surface area contributed by atoms with Gasteiger partial charge in [0, 0.05) is 5.31 Å². The fourth-order valence-electron chi connectivity index (χ4n) is 0.415. The molecule has 0 N–H and O–H groups in total. The zero-order chi connectivity index (χ0) is 5.49. The minimum atomic E-state index is -2.09. The van der Waals surface area contributed by atoms with Crippen LogP contribution in [0.3, 0.4) is 0 Å². The van der Waals surface area contributed by atoms with Gasteiger partial charge in [-0.15, -0.1) is 0 Å². The molecule has 0 bridgehead atoms. The van der Waals surface area contributed by atoms with Crippen molar-refractivity contribution in [2.75, 3.05) is 0 Å². The Bertz CT molecular complexity index is 77.8. The maximum Gasteiger partial charge on any atom is 0.543 e. The van der Waals surface area contributed by atoms with E-state index in [-0.39, 0.29) is 0 Å². The molecule has 0 radical (unpaired) electrons. The summed E-state index contributed by atoms with van der Waals surface area (Å²) in [4.78, 5) is 0. The third-order valence-electron chi connectivity index (χ3n) is 1.57. The second-order valence-electron chi connectivity index (χ2n) is 2.45. The van der Waals surface area contributed by atoms with Crippen LogP contribution in [0.2, 0.25) is 5.31 Å². The molecular weight excluding hydrogens is 96.9 g/mol. The van der Waals surface area contributed by atoms with Crippen LogP contribution in [0.15, 0.2) is 0 Å². The highest BCUT2D eigenvalue weighted by Gasteiger charge is 2.50. The summed E-state index contributed by atoms with van der Waals surface area (Å²) in [5.41, 5.74) is 0. The number of halogens is 2. The quantitative estimate of drug-likeness (QED) is 0.446. The summed E-state index contributed by atoms with van der Waals surface area (Å²) in [5.74, 6) is 0. The Morgan fingerprint density at radius 2 is 1.86 bits per heavy atom. The highest BCUT2D eigenvalue weighted by molar-refractivity contribution is 6.48. The first-order valence-electron chi connectivity index (χ1n) is 2.43. The molecule has 0 aromatic heterocycles. The fourth-order valence-corrected chi connectivity index (χ4v) is 0.415. The normalized spacial score (nSPS) is 24.4. The van der Waals surface area contributed by atoms with Gasteiger partial charge in [-0.2, -0.15) is 0 Å². The van der Waals surface area contributed by atoms with Gasteiger partial charge in [0.05, 0.1) is 0 Å². The van der Waals surface area contributed by atoms with E-state index >= 15 is 0 Å². The molecule has 0 saturated heterocycles. The van der Waals surface area contributed by atoms with Crippen molar-refractivity contribution in [3.63, 3.8) is 0 Å². The Morgan fingerprint density at radius 1 is 1.43 bits per heavy atom. The Morgan fingerprint density at radius 3 is 1.86 bits per heavy atom. The SMILES string of the molecule is CC1(B(F)F)CC1. The van der Waals surface area contributed by atoms with Gasteiger partial charge in [0.2, 0.25) is 0 Å². The lowest BCUT2D eigenvalue weighted by molar-refractivity contribution is 0.608. The first-order valence-corrected chi connectivity index (χ1v) is 2.43. The van der Waals surface area contributed by atoms with Crippen LogP contribution in [0.25, 0.3) is 0 Å². The van der Waals surface area contributed by atoms with E-state index in [2.05, 4.69) is 0 Å². The standard InChI is InChI=1S/C4H7BF2/c1-4(2-3-4)5(6)7/h2-3H2,1H3. The number of rotatable bonds is 1. The van der Waals surface area contributed by atoms with Crippen LogP contribution >= 0.6 is 0 Å². The maximum absolute atomic E-state index is 11.6. The van der Waals surface area contributed by atoms with Crippen LogP contribution in [-0.4, -0.2) is 7.27 Å². The predicted molar refractivity (Wildman–Crippen MR) is 25.6 cm³/mol. The third-order valence-corrected chi connectivity index (χ3v) is 1.57. The van der Waals surface area contributed by atoms with Crippen molar-refractivity contribution in [3.8, 4) is 0 Å². The molecule has 0 atom stereocenters. The van der Waals surface area contributed by atoms with Gasteiger partial charge in [-0.3, -0.25) is 8.63 Å². The number of hydrogen-bond donors (Lipinski definition) is 0. The van der Waals surface area contributed by atoms with Gasteiger partial charge in [0.15, 0.2) is 0 Å². The largest absolute Gasteiger partial charge is 0.543 e. The lowest BCUT2D eigenvalue weighted by Crippen LogP contribution is -2.04. The smallest absolute Gasteiger partial charge is 0.286 e. The molecule has 0 spiro atoms. The maximum atomic E-state index is 11.6. The van der Waals surface area contributed by atoms with Gasteiger partial charge in [0.1, 0.15) is 0 Å². The molecular formula is C4H7BF2. The van der Waals surface area contributed by atoms with Crippen LogP contribution in [0.5, 0.6) is 0 Å². The topological polar surface area (TPSA) is 0 Å². The van der Waals surface area contributed by atoms with E-state index in [0.717, 1.165) is 0 Å². The van der Waals surface area contributed by atoms with Crippen molar-refractivity contribution in [3.05, 3.63) is 0 Å². The molecule has 40 valence electrons. The second-order valence-corrected chi connectivity index (χ2v) is 2.45. The zero-order valence-electron chi connectivity index (χ0n) is 4.25. The van der Waals surface area contributed by atoms with Crippen molar-refractivity contribution in [2.24, 2.45) is 0 Å². The van der Waals surface area contributed by atoms with E-state index in [4.69, 9.17) is 0 Å². The highest BCUT2D eigenvalue weighted by Crippen LogP contribution is 2.55. The van der Waals surface area contributed by atoms with Gasteiger partial charge in [0.25, 0.3) is 0 Å². The zero-order valence-corrected chi connectivity index (χ0v) is 4.25. The Labute approximate surface area is 42.1 Å². The molecule has 0 heterocycles. The molecule has 1 rings (SSSR count). The molecule has 0 unspecified atom stereocenters. The van der Waals surface area contributed by atoms with Crippen LogP contribution in [0, 0.1) is 0 Å². The summed E-state index contributed by atoms with van der Waals surface area (Å²) in [5, 5.41) is -0.583. The average molecular weight is 104 g/mol. The van der Waals surface area contributed by atoms with Gasteiger partial charge >= 0.3 is 7.27 Å². The Kier molecular flexibility index (Phi) is 0.872. The summed E-state index contributed by atoms with van der Waals surface area (Å²) in [6, 6.07) is 0. The summed E-state index contributed by atoms with van der Waals surface area (Å²) < 4.78 is 23.2. The lowest BCUT2D eigenvalue weighted by atomic mass is 9.76. The van der Waals surface area contributed by atoms with Gasteiger partial charge < -0.3 is 0 Å².